The average Bonchev–Trinajstić information content (AvgIpc) is 3.22. The summed E-state index contributed by atoms with van der Waals surface area (Å²) in [7, 11) is -1.55. The van der Waals surface area contributed by atoms with Crippen LogP contribution in [0.3, 0.4) is 0 Å². The SMILES string of the molecule is O=C(O)C(C1CC1)S(=O)c1ccc2c(c1)OCCO2. The minimum Gasteiger partial charge on any atom is -0.486 e. The van der Waals surface area contributed by atoms with Crippen LogP contribution in [0.5, 0.6) is 11.5 Å². The largest absolute Gasteiger partial charge is 0.486 e. The Morgan fingerprint density at radius 1 is 1.26 bits per heavy atom. The van der Waals surface area contributed by atoms with Gasteiger partial charge in [0.1, 0.15) is 18.5 Å². The van der Waals surface area contributed by atoms with E-state index in [4.69, 9.17) is 9.47 Å². The summed E-state index contributed by atoms with van der Waals surface area (Å²) in [5.74, 6) is 0.199. The first-order chi connectivity index (χ1) is 9.16. The number of carboxylic acids is 1. The van der Waals surface area contributed by atoms with E-state index >= 15 is 0 Å². The quantitative estimate of drug-likeness (QED) is 0.904. The van der Waals surface area contributed by atoms with E-state index in [0.29, 0.717) is 29.6 Å². The third-order valence-electron chi connectivity index (χ3n) is 3.27. The van der Waals surface area contributed by atoms with Gasteiger partial charge in [-0.15, -0.1) is 0 Å². The molecule has 3 rings (SSSR count). The van der Waals surface area contributed by atoms with Gasteiger partial charge in [-0.25, -0.2) is 0 Å². The Morgan fingerprint density at radius 2 is 1.95 bits per heavy atom. The number of rotatable bonds is 4. The van der Waals surface area contributed by atoms with Crippen LogP contribution in [0.2, 0.25) is 0 Å². The van der Waals surface area contributed by atoms with Crippen molar-refractivity contribution < 1.29 is 23.6 Å². The van der Waals surface area contributed by atoms with Crippen LogP contribution in [0.4, 0.5) is 0 Å². The first-order valence-corrected chi connectivity index (χ1v) is 7.41. The number of ether oxygens (including phenoxy) is 2. The molecule has 0 aromatic heterocycles. The first-order valence-electron chi connectivity index (χ1n) is 6.20. The van der Waals surface area contributed by atoms with E-state index < -0.39 is 22.0 Å². The maximum absolute atomic E-state index is 12.4. The normalized spacial score (nSPS) is 20.6. The van der Waals surface area contributed by atoms with E-state index in [1.807, 2.05) is 0 Å². The molecular weight excluding hydrogens is 268 g/mol. The molecule has 1 aliphatic heterocycles. The average molecular weight is 282 g/mol. The second-order valence-corrected chi connectivity index (χ2v) is 6.27. The van der Waals surface area contributed by atoms with Gasteiger partial charge in [-0.2, -0.15) is 0 Å². The van der Waals surface area contributed by atoms with Gasteiger partial charge in [-0.1, -0.05) is 0 Å². The maximum Gasteiger partial charge on any atom is 0.319 e. The zero-order valence-corrected chi connectivity index (χ0v) is 11.0. The second kappa shape index (κ2) is 4.85. The highest BCUT2D eigenvalue weighted by molar-refractivity contribution is 7.86. The van der Waals surface area contributed by atoms with Crippen molar-refractivity contribution in [2.75, 3.05) is 13.2 Å². The van der Waals surface area contributed by atoms with Crippen molar-refractivity contribution in [1.82, 2.24) is 0 Å². The summed E-state index contributed by atoms with van der Waals surface area (Å²) in [6.07, 6.45) is 1.68. The number of carboxylic acid groups (broad SMARTS) is 1. The fourth-order valence-electron chi connectivity index (χ4n) is 2.16. The van der Waals surface area contributed by atoms with Crippen molar-refractivity contribution in [3.63, 3.8) is 0 Å². The standard InChI is InChI=1S/C13H14O5S/c14-13(15)12(8-1-2-8)19(16)9-3-4-10-11(7-9)18-6-5-17-10/h3-4,7-8,12H,1-2,5-6H2,(H,14,15). The molecule has 19 heavy (non-hydrogen) atoms. The van der Waals surface area contributed by atoms with Crippen LogP contribution in [-0.4, -0.2) is 33.7 Å². The predicted molar refractivity (Wildman–Crippen MR) is 68.0 cm³/mol. The monoisotopic (exact) mass is 282 g/mol. The van der Waals surface area contributed by atoms with E-state index in [0.717, 1.165) is 12.8 Å². The van der Waals surface area contributed by atoms with Gasteiger partial charge in [0.15, 0.2) is 11.5 Å². The van der Waals surface area contributed by atoms with Crippen LogP contribution in [0.25, 0.3) is 0 Å². The zero-order valence-electron chi connectivity index (χ0n) is 10.2. The second-order valence-electron chi connectivity index (χ2n) is 4.70. The number of hydrogen-bond donors (Lipinski definition) is 1. The van der Waals surface area contributed by atoms with Gasteiger partial charge in [0, 0.05) is 11.0 Å². The van der Waals surface area contributed by atoms with Crippen LogP contribution in [-0.2, 0) is 15.6 Å². The molecule has 1 N–H and O–H groups in total. The van der Waals surface area contributed by atoms with Crippen molar-refractivity contribution in [3.8, 4) is 11.5 Å². The van der Waals surface area contributed by atoms with Crippen molar-refractivity contribution in [3.05, 3.63) is 18.2 Å². The highest BCUT2D eigenvalue weighted by Crippen LogP contribution is 2.39. The van der Waals surface area contributed by atoms with E-state index in [-0.39, 0.29) is 5.92 Å². The van der Waals surface area contributed by atoms with E-state index in [1.54, 1.807) is 18.2 Å². The zero-order chi connectivity index (χ0) is 13.4. The van der Waals surface area contributed by atoms with Gasteiger partial charge in [0.2, 0.25) is 0 Å². The summed E-state index contributed by atoms with van der Waals surface area (Å²) in [5.41, 5.74) is 0. The molecule has 1 aromatic carbocycles. The molecule has 6 heteroatoms. The molecule has 0 amide bonds. The van der Waals surface area contributed by atoms with Gasteiger partial charge in [0.25, 0.3) is 0 Å². The summed E-state index contributed by atoms with van der Waals surface area (Å²) >= 11 is 0. The molecule has 0 radical (unpaired) electrons. The Labute approximate surface area is 113 Å². The topological polar surface area (TPSA) is 72.8 Å². The molecule has 0 saturated heterocycles. The third kappa shape index (κ3) is 2.45. The molecule has 5 nitrogen and oxygen atoms in total. The van der Waals surface area contributed by atoms with Crippen LogP contribution in [0.15, 0.2) is 23.1 Å². The summed E-state index contributed by atoms with van der Waals surface area (Å²) in [4.78, 5) is 11.7. The Balaban J connectivity index is 1.88. The van der Waals surface area contributed by atoms with Gasteiger partial charge in [0.05, 0.1) is 10.8 Å². The molecule has 1 heterocycles. The fourth-order valence-corrected chi connectivity index (χ4v) is 3.69. The summed E-state index contributed by atoms with van der Waals surface area (Å²) in [5, 5.41) is 8.39. The summed E-state index contributed by atoms with van der Waals surface area (Å²) in [6, 6.07) is 4.97. The Kier molecular flexibility index (Phi) is 3.18. The Morgan fingerprint density at radius 3 is 2.58 bits per heavy atom. The Bertz CT molecular complexity index is 538. The summed E-state index contributed by atoms with van der Waals surface area (Å²) in [6.45, 7) is 0.948. The highest BCUT2D eigenvalue weighted by Gasteiger charge is 2.41. The lowest BCUT2D eigenvalue weighted by Crippen LogP contribution is -2.28. The predicted octanol–water partition coefficient (Wildman–Crippen LogP) is 1.43. The molecule has 1 aromatic rings. The van der Waals surface area contributed by atoms with Gasteiger partial charge < -0.3 is 14.6 Å². The van der Waals surface area contributed by atoms with Crippen LogP contribution in [0, 0.1) is 5.92 Å². The molecule has 1 aliphatic carbocycles. The molecule has 2 aliphatic rings. The number of aliphatic carboxylic acids is 1. The van der Waals surface area contributed by atoms with Crippen molar-refractivity contribution in [2.45, 2.75) is 23.0 Å². The molecular formula is C13H14O5S. The molecule has 2 unspecified atom stereocenters. The number of fused-ring (bicyclic) bond motifs is 1. The van der Waals surface area contributed by atoms with Gasteiger partial charge in [-0.3, -0.25) is 9.00 Å². The van der Waals surface area contributed by atoms with E-state index in [2.05, 4.69) is 0 Å². The Hall–Kier alpha value is -1.56. The minimum absolute atomic E-state index is 0.0338. The first kappa shape index (κ1) is 12.5. The molecule has 1 saturated carbocycles. The molecule has 1 fully saturated rings. The van der Waals surface area contributed by atoms with Gasteiger partial charge >= 0.3 is 5.97 Å². The van der Waals surface area contributed by atoms with E-state index in [1.165, 1.54) is 0 Å². The lowest BCUT2D eigenvalue weighted by Gasteiger charge is -2.19. The number of hydrogen-bond acceptors (Lipinski definition) is 4. The third-order valence-corrected chi connectivity index (χ3v) is 5.04. The number of carbonyl (C=O) groups is 1. The van der Waals surface area contributed by atoms with Gasteiger partial charge in [-0.05, 0) is 30.9 Å². The highest BCUT2D eigenvalue weighted by atomic mass is 32.2. The molecule has 102 valence electrons. The van der Waals surface area contributed by atoms with Crippen LogP contribution in [0.1, 0.15) is 12.8 Å². The number of benzene rings is 1. The molecule has 0 spiro atoms. The smallest absolute Gasteiger partial charge is 0.319 e. The fraction of sp³-hybridized carbons (Fsp3) is 0.462. The maximum atomic E-state index is 12.4. The summed E-state index contributed by atoms with van der Waals surface area (Å²) < 4.78 is 23.2. The van der Waals surface area contributed by atoms with E-state index in [9.17, 15) is 14.1 Å². The van der Waals surface area contributed by atoms with Crippen LogP contribution >= 0.6 is 0 Å². The lowest BCUT2D eigenvalue weighted by atomic mass is 10.3. The lowest BCUT2D eigenvalue weighted by molar-refractivity contribution is -0.136. The van der Waals surface area contributed by atoms with Crippen LogP contribution < -0.4 is 9.47 Å². The van der Waals surface area contributed by atoms with Crippen molar-refractivity contribution in [1.29, 1.82) is 0 Å². The van der Waals surface area contributed by atoms with Crippen molar-refractivity contribution >= 4 is 16.8 Å². The van der Waals surface area contributed by atoms with Crippen molar-refractivity contribution in [2.24, 2.45) is 5.92 Å². The molecule has 0 bridgehead atoms. The minimum atomic E-state index is -1.55. The molecule has 2 atom stereocenters.